The second-order valence-corrected chi connectivity index (χ2v) is 4.28. The van der Waals surface area contributed by atoms with Crippen LogP contribution in [0, 0.1) is 0 Å². The largest absolute Gasteiger partial charge is 0.481 e. The van der Waals surface area contributed by atoms with E-state index in [9.17, 15) is 24.0 Å². The van der Waals surface area contributed by atoms with Gasteiger partial charge in [0.2, 0.25) is 11.8 Å². The number of aliphatic carboxylic acids is 1. The van der Waals surface area contributed by atoms with E-state index in [1.807, 2.05) is 0 Å². The molecule has 118 valence electrons. The van der Waals surface area contributed by atoms with E-state index in [2.05, 4.69) is 10.1 Å². The maximum absolute atomic E-state index is 11.7. The Morgan fingerprint density at radius 1 is 1.19 bits per heavy atom. The van der Waals surface area contributed by atoms with E-state index in [1.54, 1.807) is 0 Å². The van der Waals surface area contributed by atoms with Gasteiger partial charge in [0.1, 0.15) is 6.04 Å². The maximum Gasteiger partial charge on any atom is 0.305 e. The van der Waals surface area contributed by atoms with Crippen molar-refractivity contribution in [3.63, 3.8) is 0 Å². The van der Waals surface area contributed by atoms with Gasteiger partial charge in [0.25, 0.3) is 0 Å². The van der Waals surface area contributed by atoms with Crippen molar-refractivity contribution in [2.45, 2.75) is 38.6 Å². The third-order valence-corrected chi connectivity index (χ3v) is 2.35. The molecule has 0 rings (SSSR count). The number of amides is 2. The maximum atomic E-state index is 11.7. The SMILES string of the molecule is CC(=O)OCC(=O)C(CC(=O)O)NC(=O)CCCC(N)=O. The summed E-state index contributed by atoms with van der Waals surface area (Å²) in [4.78, 5) is 55.0. The number of carboxylic acids is 1. The normalized spacial score (nSPS) is 11.3. The Balaban J connectivity index is 4.43. The van der Waals surface area contributed by atoms with Crippen LogP contribution in [0.2, 0.25) is 0 Å². The number of carbonyl (C=O) groups excluding carboxylic acids is 4. The highest BCUT2D eigenvalue weighted by molar-refractivity contribution is 5.93. The predicted molar refractivity (Wildman–Crippen MR) is 68.9 cm³/mol. The van der Waals surface area contributed by atoms with Gasteiger partial charge in [0.15, 0.2) is 12.4 Å². The second-order valence-electron chi connectivity index (χ2n) is 4.28. The van der Waals surface area contributed by atoms with Crippen molar-refractivity contribution in [1.29, 1.82) is 0 Å². The molecule has 9 nitrogen and oxygen atoms in total. The number of hydrogen-bond acceptors (Lipinski definition) is 6. The molecule has 1 atom stereocenters. The van der Waals surface area contributed by atoms with Crippen LogP contribution >= 0.6 is 0 Å². The smallest absolute Gasteiger partial charge is 0.305 e. The average Bonchev–Trinajstić information content (AvgIpc) is 2.33. The Morgan fingerprint density at radius 3 is 2.29 bits per heavy atom. The van der Waals surface area contributed by atoms with Crippen molar-refractivity contribution in [2.75, 3.05) is 6.61 Å². The van der Waals surface area contributed by atoms with Gasteiger partial charge in [-0.15, -0.1) is 0 Å². The summed E-state index contributed by atoms with van der Waals surface area (Å²) < 4.78 is 4.47. The number of nitrogens with two attached hydrogens (primary N) is 1. The van der Waals surface area contributed by atoms with Crippen molar-refractivity contribution >= 4 is 29.5 Å². The van der Waals surface area contributed by atoms with E-state index >= 15 is 0 Å². The molecule has 21 heavy (non-hydrogen) atoms. The van der Waals surface area contributed by atoms with Crippen LogP contribution in [0.15, 0.2) is 0 Å². The van der Waals surface area contributed by atoms with Gasteiger partial charge in [-0.05, 0) is 6.42 Å². The summed E-state index contributed by atoms with van der Waals surface area (Å²) in [6, 6.07) is -1.29. The minimum atomic E-state index is -1.29. The summed E-state index contributed by atoms with van der Waals surface area (Å²) in [5, 5.41) is 10.9. The molecular weight excluding hydrogens is 284 g/mol. The van der Waals surface area contributed by atoms with Crippen LogP contribution in [0.25, 0.3) is 0 Å². The number of hydrogen-bond donors (Lipinski definition) is 3. The van der Waals surface area contributed by atoms with Crippen LogP contribution in [0.4, 0.5) is 0 Å². The highest BCUT2D eigenvalue weighted by atomic mass is 16.5. The molecule has 2 amide bonds. The molecule has 0 heterocycles. The number of primary amides is 1. The molecule has 4 N–H and O–H groups in total. The quantitative estimate of drug-likeness (QED) is 0.425. The highest BCUT2D eigenvalue weighted by Crippen LogP contribution is 2.00. The van der Waals surface area contributed by atoms with Crippen LogP contribution in [-0.2, 0) is 28.7 Å². The summed E-state index contributed by atoms with van der Waals surface area (Å²) in [5.74, 6) is -3.84. The molecule has 0 aromatic carbocycles. The average molecular weight is 302 g/mol. The molecule has 0 radical (unpaired) electrons. The minimum absolute atomic E-state index is 0.0123. The summed E-state index contributed by atoms with van der Waals surface area (Å²) in [6.07, 6.45) is -0.487. The fourth-order valence-corrected chi connectivity index (χ4v) is 1.38. The Kier molecular flexibility index (Phi) is 8.35. The predicted octanol–water partition coefficient (Wildman–Crippen LogP) is -1.27. The zero-order chi connectivity index (χ0) is 16.4. The lowest BCUT2D eigenvalue weighted by atomic mass is 10.1. The number of rotatable bonds is 10. The van der Waals surface area contributed by atoms with E-state index in [0.717, 1.165) is 6.92 Å². The van der Waals surface area contributed by atoms with Crippen LogP contribution in [-0.4, -0.2) is 47.3 Å². The lowest BCUT2D eigenvalue weighted by molar-refractivity contribution is -0.147. The number of esters is 1. The van der Waals surface area contributed by atoms with E-state index in [4.69, 9.17) is 10.8 Å². The number of nitrogens with one attached hydrogen (secondary N) is 1. The zero-order valence-electron chi connectivity index (χ0n) is 11.6. The van der Waals surface area contributed by atoms with E-state index in [-0.39, 0.29) is 19.3 Å². The fourth-order valence-electron chi connectivity index (χ4n) is 1.38. The van der Waals surface area contributed by atoms with Crippen LogP contribution < -0.4 is 11.1 Å². The van der Waals surface area contributed by atoms with Crippen molar-refractivity contribution < 1.29 is 33.8 Å². The first-order valence-electron chi connectivity index (χ1n) is 6.18. The zero-order valence-corrected chi connectivity index (χ0v) is 11.6. The first-order valence-corrected chi connectivity index (χ1v) is 6.18. The van der Waals surface area contributed by atoms with Crippen LogP contribution in [0.1, 0.15) is 32.6 Å². The Hall–Kier alpha value is -2.45. The summed E-state index contributed by atoms with van der Waals surface area (Å²) in [6.45, 7) is 0.483. The molecular formula is C12H18N2O7. The van der Waals surface area contributed by atoms with Gasteiger partial charge in [-0.1, -0.05) is 0 Å². The number of ketones is 1. The van der Waals surface area contributed by atoms with E-state index < -0.39 is 48.6 Å². The summed E-state index contributed by atoms with van der Waals surface area (Å²) in [5.41, 5.74) is 4.91. The Labute approximate surface area is 120 Å². The van der Waals surface area contributed by atoms with Gasteiger partial charge < -0.3 is 20.9 Å². The van der Waals surface area contributed by atoms with Gasteiger partial charge in [-0.25, -0.2) is 0 Å². The van der Waals surface area contributed by atoms with E-state index in [0.29, 0.717) is 0 Å². The Bertz CT molecular complexity index is 433. The van der Waals surface area contributed by atoms with Crippen molar-refractivity contribution in [3.8, 4) is 0 Å². The molecule has 0 saturated heterocycles. The molecule has 0 saturated carbocycles. The van der Waals surface area contributed by atoms with Crippen molar-refractivity contribution in [1.82, 2.24) is 5.32 Å². The topological polar surface area (TPSA) is 153 Å². The lowest BCUT2D eigenvalue weighted by Crippen LogP contribution is -2.44. The monoisotopic (exact) mass is 302 g/mol. The molecule has 0 fully saturated rings. The van der Waals surface area contributed by atoms with Gasteiger partial charge in [0, 0.05) is 19.8 Å². The van der Waals surface area contributed by atoms with Crippen molar-refractivity contribution in [3.05, 3.63) is 0 Å². The molecule has 0 aromatic rings. The highest BCUT2D eigenvalue weighted by Gasteiger charge is 2.24. The van der Waals surface area contributed by atoms with E-state index in [1.165, 1.54) is 0 Å². The van der Waals surface area contributed by atoms with Crippen LogP contribution in [0.3, 0.4) is 0 Å². The number of Topliss-reactive ketones (excluding diaryl/α,β-unsaturated/α-hetero) is 1. The Morgan fingerprint density at radius 2 is 1.81 bits per heavy atom. The van der Waals surface area contributed by atoms with Gasteiger partial charge in [-0.3, -0.25) is 24.0 Å². The molecule has 1 unspecified atom stereocenters. The molecule has 0 spiro atoms. The second kappa shape index (κ2) is 9.45. The summed E-state index contributed by atoms with van der Waals surface area (Å²) >= 11 is 0. The fraction of sp³-hybridized carbons (Fsp3) is 0.583. The lowest BCUT2D eigenvalue weighted by Gasteiger charge is -2.15. The van der Waals surface area contributed by atoms with Crippen molar-refractivity contribution in [2.24, 2.45) is 5.73 Å². The molecule has 0 aliphatic rings. The summed E-state index contributed by atoms with van der Waals surface area (Å²) in [7, 11) is 0. The van der Waals surface area contributed by atoms with Gasteiger partial charge in [0.05, 0.1) is 6.42 Å². The third-order valence-electron chi connectivity index (χ3n) is 2.35. The molecule has 0 aliphatic carbocycles. The van der Waals surface area contributed by atoms with Gasteiger partial charge >= 0.3 is 11.9 Å². The molecule has 0 aromatic heterocycles. The molecule has 0 bridgehead atoms. The first-order chi connectivity index (χ1) is 9.72. The first kappa shape index (κ1) is 18.6. The molecule has 9 heteroatoms. The molecule has 0 aliphatic heterocycles. The third kappa shape index (κ3) is 10.0. The standard InChI is InChI=1S/C12H18N2O7/c1-7(15)21-6-9(16)8(5-12(19)20)14-11(18)4-2-3-10(13)17/h8H,2-6H2,1H3,(H2,13,17)(H,14,18)(H,19,20). The van der Waals surface area contributed by atoms with Crippen LogP contribution in [0.5, 0.6) is 0 Å². The minimum Gasteiger partial charge on any atom is -0.481 e. The number of carbonyl (C=O) groups is 5. The van der Waals surface area contributed by atoms with Gasteiger partial charge in [-0.2, -0.15) is 0 Å². The number of ether oxygens (including phenoxy) is 1. The number of carboxylic acid groups (broad SMARTS) is 1.